The van der Waals surface area contributed by atoms with Gasteiger partial charge >= 0.3 is 0 Å². The lowest BCUT2D eigenvalue weighted by Gasteiger charge is -2.34. The third kappa shape index (κ3) is 2.46. The Kier molecular flexibility index (Phi) is 3.41. The van der Waals surface area contributed by atoms with Crippen LogP contribution in [-0.2, 0) is 14.3 Å². The Morgan fingerprint density at radius 2 is 2.14 bits per heavy atom. The van der Waals surface area contributed by atoms with E-state index in [0.717, 1.165) is 30.7 Å². The summed E-state index contributed by atoms with van der Waals surface area (Å²) in [6.07, 6.45) is 1.72. The topological polar surface area (TPSA) is 50.8 Å². The molecule has 112 valence electrons. The summed E-state index contributed by atoms with van der Waals surface area (Å²) >= 11 is 1.88. The van der Waals surface area contributed by atoms with Gasteiger partial charge in [-0.25, -0.2) is 0 Å². The minimum atomic E-state index is -0.482. The second kappa shape index (κ2) is 5.28. The van der Waals surface area contributed by atoms with Gasteiger partial charge in [-0.2, -0.15) is 0 Å². The molecule has 1 spiro atoms. The lowest BCUT2D eigenvalue weighted by molar-refractivity contribution is -0.335. The lowest BCUT2D eigenvalue weighted by atomic mass is 10.1. The normalized spacial score (nSPS) is 29.4. The van der Waals surface area contributed by atoms with Gasteiger partial charge in [-0.05, 0) is 18.4 Å². The molecule has 0 radical (unpaired) electrons. The maximum absolute atomic E-state index is 13.0. The zero-order valence-electron chi connectivity index (χ0n) is 11.7. The van der Waals surface area contributed by atoms with Crippen LogP contribution in [-0.4, -0.2) is 41.2 Å². The fourth-order valence-electron chi connectivity index (χ4n) is 3.03. The summed E-state index contributed by atoms with van der Waals surface area (Å²) in [5, 5.41) is 3.17. The Morgan fingerprint density at radius 1 is 1.38 bits per heavy atom. The molecule has 0 bridgehead atoms. The molecule has 1 aromatic rings. The summed E-state index contributed by atoms with van der Waals surface area (Å²) in [5.74, 6) is 1.19. The van der Waals surface area contributed by atoms with Crippen LogP contribution < -0.4 is 5.32 Å². The number of likely N-dealkylation sites (tertiary alicyclic amines) is 1. The third-order valence-corrected chi connectivity index (χ3v) is 5.69. The molecule has 5 nitrogen and oxygen atoms in total. The molecule has 1 N–H and O–H groups in total. The number of amides is 1. The summed E-state index contributed by atoms with van der Waals surface area (Å²) < 4.78 is 10.5. The number of hydrogen-bond acceptors (Lipinski definition) is 5. The van der Waals surface area contributed by atoms with Crippen molar-refractivity contribution in [2.75, 3.05) is 19.1 Å². The van der Waals surface area contributed by atoms with E-state index < -0.39 is 12.5 Å². The van der Waals surface area contributed by atoms with Gasteiger partial charge in [0.25, 0.3) is 0 Å². The molecule has 0 saturated carbocycles. The van der Waals surface area contributed by atoms with E-state index in [1.165, 1.54) is 0 Å². The molecular formula is C15H18N2O3S. The monoisotopic (exact) mass is 306 g/mol. The molecule has 3 fully saturated rings. The van der Waals surface area contributed by atoms with E-state index in [1.54, 1.807) is 0 Å². The molecule has 6 heteroatoms. The zero-order valence-corrected chi connectivity index (χ0v) is 12.5. The summed E-state index contributed by atoms with van der Waals surface area (Å²) in [6.45, 7) is 1.14. The summed E-state index contributed by atoms with van der Waals surface area (Å²) in [4.78, 5) is 15.1. The van der Waals surface area contributed by atoms with E-state index in [0.29, 0.717) is 0 Å². The highest BCUT2D eigenvalue weighted by atomic mass is 32.2. The Morgan fingerprint density at radius 3 is 2.76 bits per heavy atom. The van der Waals surface area contributed by atoms with Gasteiger partial charge < -0.3 is 14.4 Å². The average Bonchev–Trinajstić information content (AvgIpc) is 3.10. The van der Waals surface area contributed by atoms with Gasteiger partial charge in [0.1, 0.15) is 6.04 Å². The van der Waals surface area contributed by atoms with Crippen LogP contribution in [0.15, 0.2) is 30.3 Å². The van der Waals surface area contributed by atoms with Gasteiger partial charge in [-0.15, -0.1) is 11.8 Å². The number of hydrogen-bond donors (Lipinski definition) is 1. The SMILES string of the molecule is O=C([C@H](NC1OCO1)c1ccccc1)N1CCC[C@]12CS2. The lowest BCUT2D eigenvalue weighted by Crippen LogP contribution is -2.51. The van der Waals surface area contributed by atoms with Gasteiger partial charge in [0.2, 0.25) is 12.3 Å². The van der Waals surface area contributed by atoms with Crippen molar-refractivity contribution in [1.29, 1.82) is 0 Å². The minimum absolute atomic E-state index is 0.0765. The van der Waals surface area contributed by atoms with Crippen molar-refractivity contribution >= 4 is 17.7 Å². The van der Waals surface area contributed by atoms with Crippen molar-refractivity contribution in [1.82, 2.24) is 10.2 Å². The number of ether oxygens (including phenoxy) is 2. The van der Waals surface area contributed by atoms with Gasteiger partial charge in [-0.1, -0.05) is 30.3 Å². The number of carbonyl (C=O) groups is 1. The van der Waals surface area contributed by atoms with Crippen molar-refractivity contribution in [3.63, 3.8) is 0 Å². The second-order valence-electron chi connectivity index (χ2n) is 5.62. The van der Waals surface area contributed by atoms with E-state index in [-0.39, 0.29) is 17.6 Å². The number of rotatable bonds is 4. The molecule has 4 rings (SSSR count). The average molecular weight is 306 g/mol. The summed E-state index contributed by atoms with van der Waals surface area (Å²) in [5.41, 5.74) is 0.953. The molecule has 0 unspecified atom stereocenters. The molecule has 3 heterocycles. The van der Waals surface area contributed by atoms with Crippen molar-refractivity contribution in [3.05, 3.63) is 35.9 Å². The molecule has 3 aliphatic heterocycles. The van der Waals surface area contributed by atoms with Gasteiger partial charge in [0, 0.05) is 12.3 Å². The highest BCUT2D eigenvalue weighted by molar-refractivity contribution is 8.07. The van der Waals surface area contributed by atoms with Crippen LogP contribution >= 0.6 is 11.8 Å². The Balaban J connectivity index is 1.57. The third-order valence-electron chi connectivity index (χ3n) is 4.31. The van der Waals surface area contributed by atoms with Gasteiger partial charge in [-0.3, -0.25) is 10.1 Å². The smallest absolute Gasteiger partial charge is 0.245 e. The van der Waals surface area contributed by atoms with Crippen molar-refractivity contribution in [3.8, 4) is 0 Å². The first-order valence-electron chi connectivity index (χ1n) is 7.28. The van der Waals surface area contributed by atoms with E-state index >= 15 is 0 Å². The summed E-state index contributed by atoms with van der Waals surface area (Å²) in [6, 6.07) is 9.38. The van der Waals surface area contributed by atoms with Crippen LogP contribution in [0.2, 0.25) is 0 Å². The molecule has 0 aromatic heterocycles. The highest BCUT2D eigenvalue weighted by Crippen LogP contribution is 2.54. The molecular weight excluding hydrogens is 288 g/mol. The minimum Gasteiger partial charge on any atom is -0.326 e. The van der Waals surface area contributed by atoms with E-state index in [1.807, 2.05) is 47.0 Å². The predicted octanol–water partition coefficient (Wildman–Crippen LogP) is 1.67. The Labute approximate surface area is 128 Å². The van der Waals surface area contributed by atoms with Crippen molar-refractivity contribution in [2.24, 2.45) is 0 Å². The van der Waals surface area contributed by atoms with Crippen LogP contribution in [0.25, 0.3) is 0 Å². The quantitative estimate of drug-likeness (QED) is 0.858. The highest BCUT2D eigenvalue weighted by Gasteiger charge is 2.55. The molecule has 1 amide bonds. The molecule has 3 saturated heterocycles. The van der Waals surface area contributed by atoms with Gasteiger partial charge in [0.05, 0.1) is 4.87 Å². The molecule has 2 atom stereocenters. The van der Waals surface area contributed by atoms with E-state index in [9.17, 15) is 4.79 Å². The standard InChI is InChI=1S/C15H18N2O3S/c18-13(17-8-4-7-15(17)9-21-15)12(16-14-19-10-20-14)11-5-2-1-3-6-11/h1-3,5-6,12,14,16H,4,7-10H2/t12-,15+/m1/s1. The van der Waals surface area contributed by atoms with Crippen LogP contribution in [0.3, 0.4) is 0 Å². The largest absolute Gasteiger partial charge is 0.326 e. The zero-order chi connectivity index (χ0) is 14.3. The van der Waals surface area contributed by atoms with Crippen LogP contribution in [0.1, 0.15) is 24.4 Å². The fourth-order valence-corrected chi connectivity index (χ4v) is 4.12. The number of nitrogens with one attached hydrogen (secondary N) is 1. The second-order valence-corrected chi connectivity index (χ2v) is 6.96. The van der Waals surface area contributed by atoms with E-state index in [4.69, 9.17) is 9.47 Å². The fraction of sp³-hybridized carbons (Fsp3) is 0.533. The molecule has 1 aromatic carbocycles. The molecule has 0 aliphatic carbocycles. The van der Waals surface area contributed by atoms with Crippen molar-refractivity contribution < 1.29 is 14.3 Å². The van der Waals surface area contributed by atoms with Gasteiger partial charge in [0.15, 0.2) is 6.79 Å². The first-order chi connectivity index (χ1) is 10.3. The van der Waals surface area contributed by atoms with Crippen molar-refractivity contribution in [2.45, 2.75) is 30.2 Å². The predicted molar refractivity (Wildman–Crippen MR) is 79.3 cm³/mol. The van der Waals surface area contributed by atoms with E-state index in [2.05, 4.69) is 5.32 Å². The first-order valence-corrected chi connectivity index (χ1v) is 8.27. The molecule has 21 heavy (non-hydrogen) atoms. The number of thioether (sulfide) groups is 1. The Bertz CT molecular complexity index is 531. The first kappa shape index (κ1) is 13.6. The Hall–Kier alpha value is -1.08. The number of nitrogens with zero attached hydrogens (tertiary/aromatic N) is 1. The van der Waals surface area contributed by atoms with Crippen LogP contribution in [0.4, 0.5) is 0 Å². The maximum atomic E-state index is 13.0. The number of carbonyl (C=O) groups excluding carboxylic acids is 1. The maximum Gasteiger partial charge on any atom is 0.245 e. The van der Waals surface area contributed by atoms with Crippen LogP contribution in [0.5, 0.6) is 0 Å². The van der Waals surface area contributed by atoms with Crippen LogP contribution in [0, 0.1) is 0 Å². The molecule has 3 aliphatic rings. The summed E-state index contributed by atoms with van der Waals surface area (Å²) in [7, 11) is 0. The number of benzene rings is 1.